The molecule has 3 fully saturated rings. The van der Waals surface area contributed by atoms with Gasteiger partial charge in [-0.15, -0.1) is 0 Å². The van der Waals surface area contributed by atoms with Crippen LogP contribution in [0.5, 0.6) is 0 Å². The van der Waals surface area contributed by atoms with E-state index in [2.05, 4.69) is 41.7 Å². The predicted molar refractivity (Wildman–Crippen MR) is 154 cm³/mol. The van der Waals surface area contributed by atoms with Crippen molar-refractivity contribution in [3.8, 4) is 0 Å². The number of fused-ring (bicyclic) bond motifs is 1. The van der Waals surface area contributed by atoms with E-state index in [9.17, 15) is 14.7 Å². The van der Waals surface area contributed by atoms with Crippen molar-refractivity contribution in [3.63, 3.8) is 0 Å². The second kappa shape index (κ2) is 11.0. The smallest absolute Gasteiger partial charge is 0.254 e. The number of benzene rings is 2. The number of carbonyl (C=O) groups is 2. The van der Waals surface area contributed by atoms with E-state index in [1.54, 1.807) is 4.90 Å². The SMILES string of the molecule is O=C(c1ccc(C2Cc3ccccc3NC23CCCCCCCCC3)cc1)N1CCN(C(=O)C2(O)CC2)CC1. The van der Waals surface area contributed by atoms with E-state index in [1.165, 1.54) is 74.6 Å². The van der Waals surface area contributed by atoms with Gasteiger partial charge in [0, 0.05) is 48.9 Å². The third-order valence-electron chi connectivity index (χ3n) is 9.77. The van der Waals surface area contributed by atoms with Crippen LogP contribution in [-0.2, 0) is 11.2 Å². The first-order valence-corrected chi connectivity index (χ1v) is 15.2. The zero-order valence-electron chi connectivity index (χ0n) is 23.2. The van der Waals surface area contributed by atoms with Crippen LogP contribution in [0.2, 0.25) is 0 Å². The van der Waals surface area contributed by atoms with Crippen molar-refractivity contribution in [2.75, 3.05) is 31.5 Å². The van der Waals surface area contributed by atoms with E-state index in [1.807, 2.05) is 17.0 Å². The Hall–Kier alpha value is -2.86. The molecule has 39 heavy (non-hydrogen) atoms. The number of nitrogens with zero attached hydrogens (tertiary/aromatic N) is 2. The summed E-state index contributed by atoms with van der Waals surface area (Å²) in [6.07, 6.45) is 13.7. The van der Waals surface area contributed by atoms with Gasteiger partial charge in [0.2, 0.25) is 0 Å². The minimum absolute atomic E-state index is 0.0271. The van der Waals surface area contributed by atoms with Gasteiger partial charge in [0.05, 0.1) is 0 Å². The van der Waals surface area contributed by atoms with Crippen LogP contribution in [0.1, 0.15) is 98.0 Å². The maximum Gasteiger partial charge on any atom is 0.254 e. The lowest BCUT2D eigenvalue weighted by Gasteiger charge is -2.47. The first-order chi connectivity index (χ1) is 19.0. The molecule has 1 unspecified atom stereocenters. The van der Waals surface area contributed by atoms with Crippen molar-refractivity contribution in [1.82, 2.24) is 9.80 Å². The first-order valence-electron chi connectivity index (χ1n) is 15.2. The van der Waals surface area contributed by atoms with Gasteiger partial charge in [-0.25, -0.2) is 0 Å². The third-order valence-corrected chi connectivity index (χ3v) is 9.77. The highest BCUT2D eigenvalue weighted by Crippen LogP contribution is 2.47. The van der Waals surface area contributed by atoms with Gasteiger partial charge in [-0.05, 0) is 61.4 Å². The maximum absolute atomic E-state index is 13.3. The zero-order valence-corrected chi connectivity index (χ0v) is 23.2. The van der Waals surface area contributed by atoms with E-state index in [-0.39, 0.29) is 17.4 Å². The molecule has 208 valence electrons. The standard InChI is InChI=1S/C33H43N3O3/c37-30(35-20-22-36(23-21-35)31(38)33(39)18-19-33)26-14-12-25(13-15-26)28-24-27-10-6-7-11-29(27)34-32(28)16-8-4-2-1-3-5-9-17-32/h6-7,10-15,28,34,39H,1-5,8-9,16-24H2. The van der Waals surface area contributed by atoms with E-state index in [4.69, 9.17) is 0 Å². The third kappa shape index (κ3) is 5.45. The highest BCUT2D eigenvalue weighted by atomic mass is 16.3. The summed E-state index contributed by atoms with van der Waals surface area (Å²) in [5, 5.41) is 14.2. The number of nitrogens with one attached hydrogen (secondary N) is 1. The summed E-state index contributed by atoms with van der Waals surface area (Å²) in [7, 11) is 0. The Morgan fingerprint density at radius 3 is 1.97 bits per heavy atom. The fourth-order valence-corrected chi connectivity index (χ4v) is 7.17. The van der Waals surface area contributed by atoms with Gasteiger partial charge < -0.3 is 20.2 Å². The van der Waals surface area contributed by atoms with Gasteiger partial charge >= 0.3 is 0 Å². The number of aliphatic hydroxyl groups is 1. The largest absolute Gasteiger partial charge is 0.380 e. The quantitative estimate of drug-likeness (QED) is 0.550. The molecule has 6 nitrogen and oxygen atoms in total. The minimum atomic E-state index is -1.14. The molecule has 2 aromatic rings. The molecule has 1 spiro atoms. The molecule has 2 heterocycles. The Bertz CT molecular complexity index is 1170. The summed E-state index contributed by atoms with van der Waals surface area (Å²) in [5.41, 5.74) is 3.62. The molecule has 2 saturated carbocycles. The Morgan fingerprint density at radius 1 is 0.744 bits per heavy atom. The highest BCUT2D eigenvalue weighted by Gasteiger charge is 2.50. The molecule has 0 radical (unpaired) electrons. The summed E-state index contributed by atoms with van der Waals surface area (Å²) >= 11 is 0. The van der Waals surface area contributed by atoms with Crippen LogP contribution in [0, 0.1) is 0 Å². The highest BCUT2D eigenvalue weighted by molar-refractivity contribution is 5.94. The van der Waals surface area contributed by atoms with Crippen LogP contribution >= 0.6 is 0 Å². The topological polar surface area (TPSA) is 72.9 Å². The molecule has 0 aromatic heterocycles. The van der Waals surface area contributed by atoms with Crippen LogP contribution in [0.25, 0.3) is 0 Å². The van der Waals surface area contributed by atoms with Crippen molar-refractivity contribution in [1.29, 1.82) is 0 Å². The summed E-state index contributed by atoms with van der Waals surface area (Å²) in [6.45, 7) is 1.99. The summed E-state index contributed by atoms with van der Waals surface area (Å²) in [5.74, 6) is 0.231. The average Bonchev–Trinajstić information content (AvgIpc) is 3.74. The number of hydrogen-bond acceptors (Lipinski definition) is 4. The lowest BCUT2D eigenvalue weighted by atomic mass is 9.67. The van der Waals surface area contributed by atoms with Crippen LogP contribution < -0.4 is 5.32 Å². The van der Waals surface area contributed by atoms with E-state index >= 15 is 0 Å². The van der Waals surface area contributed by atoms with Crippen molar-refractivity contribution < 1.29 is 14.7 Å². The molecule has 2 amide bonds. The van der Waals surface area contributed by atoms with Gasteiger partial charge in [0.1, 0.15) is 5.60 Å². The molecule has 2 N–H and O–H groups in total. The lowest BCUT2D eigenvalue weighted by molar-refractivity contribution is -0.143. The molecule has 2 aliphatic carbocycles. The number of amides is 2. The zero-order chi connectivity index (χ0) is 26.9. The summed E-state index contributed by atoms with van der Waals surface area (Å²) < 4.78 is 0. The Labute approximate surface area is 232 Å². The van der Waals surface area contributed by atoms with Crippen molar-refractivity contribution >= 4 is 17.5 Å². The maximum atomic E-state index is 13.3. The van der Waals surface area contributed by atoms with Gasteiger partial charge in [-0.1, -0.05) is 75.3 Å². The number of hydrogen-bond donors (Lipinski definition) is 2. The molecular formula is C33H43N3O3. The predicted octanol–water partition coefficient (Wildman–Crippen LogP) is 5.51. The number of rotatable bonds is 3. The van der Waals surface area contributed by atoms with Crippen LogP contribution in [0.3, 0.4) is 0 Å². The molecule has 0 bridgehead atoms. The fourth-order valence-electron chi connectivity index (χ4n) is 7.17. The number of anilines is 1. The molecular weight excluding hydrogens is 486 g/mol. The second-order valence-electron chi connectivity index (χ2n) is 12.4. The van der Waals surface area contributed by atoms with Crippen LogP contribution in [-0.4, -0.2) is 64.0 Å². The Kier molecular flexibility index (Phi) is 7.41. The monoisotopic (exact) mass is 529 g/mol. The Balaban J connectivity index is 1.18. The molecule has 2 aliphatic heterocycles. The van der Waals surface area contributed by atoms with Crippen molar-refractivity contribution in [2.24, 2.45) is 0 Å². The van der Waals surface area contributed by atoms with Crippen molar-refractivity contribution in [3.05, 3.63) is 65.2 Å². The van der Waals surface area contributed by atoms with Crippen molar-refractivity contribution in [2.45, 2.75) is 94.1 Å². The molecule has 4 aliphatic rings. The van der Waals surface area contributed by atoms with Crippen LogP contribution in [0.4, 0.5) is 5.69 Å². The fraction of sp³-hybridized carbons (Fsp3) is 0.576. The molecule has 6 rings (SSSR count). The minimum Gasteiger partial charge on any atom is -0.380 e. The lowest BCUT2D eigenvalue weighted by Crippen LogP contribution is -2.53. The summed E-state index contributed by atoms with van der Waals surface area (Å²) in [4.78, 5) is 29.4. The normalized spacial score (nSPS) is 24.4. The van der Waals surface area contributed by atoms with E-state index in [0.29, 0.717) is 50.5 Å². The average molecular weight is 530 g/mol. The summed E-state index contributed by atoms with van der Waals surface area (Å²) in [6, 6.07) is 17.2. The first kappa shape index (κ1) is 26.4. The van der Waals surface area contributed by atoms with Gasteiger partial charge in [0.25, 0.3) is 11.8 Å². The number of carbonyl (C=O) groups excluding carboxylic acids is 2. The van der Waals surface area contributed by atoms with Gasteiger partial charge in [-0.3, -0.25) is 9.59 Å². The van der Waals surface area contributed by atoms with Gasteiger partial charge in [-0.2, -0.15) is 0 Å². The van der Waals surface area contributed by atoms with Gasteiger partial charge in [0.15, 0.2) is 0 Å². The van der Waals surface area contributed by atoms with E-state index < -0.39 is 5.60 Å². The van der Waals surface area contributed by atoms with Crippen LogP contribution in [0.15, 0.2) is 48.5 Å². The molecule has 1 atom stereocenters. The second-order valence-corrected chi connectivity index (χ2v) is 12.4. The Morgan fingerprint density at radius 2 is 1.33 bits per heavy atom. The number of para-hydroxylation sites is 1. The number of piperazine rings is 1. The molecule has 1 saturated heterocycles. The molecule has 2 aromatic carbocycles. The molecule has 6 heteroatoms. The van der Waals surface area contributed by atoms with E-state index in [0.717, 1.165) is 6.42 Å².